The lowest BCUT2D eigenvalue weighted by atomic mass is 10.0. The van der Waals surface area contributed by atoms with Crippen molar-refractivity contribution in [3.63, 3.8) is 0 Å². The van der Waals surface area contributed by atoms with Crippen LogP contribution < -0.4 is 4.90 Å². The highest BCUT2D eigenvalue weighted by Gasteiger charge is 2.32. The van der Waals surface area contributed by atoms with Gasteiger partial charge in [0.2, 0.25) is 0 Å². The van der Waals surface area contributed by atoms with Crippen molar-refractivity contribution in [2.24, 2.45) is 0 Å². The summed E-state index contributed by atoms with van der Waals surface area (Å²) in [7, 11) is 0. The molecule has 0 unspecified atom stereocenters. The lowest BCUT2D eigenvalue weighted by Crippen LogP contribution is -2.25. The van der Waals surface area contributed by atoms with Gasteiger partial charge in [-0.15, -0.1) is 0 Å². The van der Waals surface area contributed by atoms with E-state index < -0.39 is 35.3 Å². The van der Waals surface area contributed by atoms with Crippen LogP contribution in [0.2, 0.25) is 0 Å². The summed E-state index contributed by atoms with van der Waals surface area (Å²) in [6, 6.07) is 8.54. The van der Waals surface area contributed by atoms with E-state index in [-0.39, 0.29) is 40.0 Å². The van der Waals surface area contributed by atoms with Crippen molar-refractivity contribution in [3.05, 3.63) is 88.2 Å². The number of nitrogens with zero attached hydrogens (tertiary/aromatic N) is 1. The third-order valence-electron chi connectivity index (χ3n) is 5.00. The minimum Gasteiger partial charge on any atom is -0.478 e. The number of amides is 1. The van der Waals surface area contributed by atoms with Gasteiger partial charge in [-0.25, -0.2) is 22.8 Å². The Hall–Kier alpha value is -4.14. The van der Waals surface area contributed by atoms with Crippen LogP contribution in [0.25, 0.3) is 11.1 Å². The van der Waals surface area contributed by atoms with Crippen LogP contribution in [0.5, 0.6) is 0 Å². The Morgan fingerprint density at radius 1 is 0.806 bits per heavy atom. The van der Waals surface area contributed by atoms with Crippen molar-refractivity contribution in [1.82, 2.24) is 0 Å². The van der Waals surface area contributed by atoms with Gasteiger partial charge in [0.25, 0.3) is 5.91 Å². The Balaban J connectivity index is 1.84. The van der Waals surface area contributed by atoms with Crippen LogP contribution in [0, 0.1) is 17.5 Å². The Labute approximate surface area is 172 Å². The quantitative estimate of drug-likeness (QED) is 0.605. The van der Waals surface area contributed by atoms with Crippen LogP contribution in [-0.4, -0.2) is 28.1 Å². The van der Waals surface area contributed by atoms with E-state index in [1.807, 2.05) is 0 Å². The SMILES string of the molecule is O=C(O)c1ccc2c(c1)C(=O)N(c1cc(-c3cc(F)c(F)cc3F)ccc1C(=O)O)C2. The molecule has 9 heteroatoms. The van der Waals surface area contributed by atoms with Crippen molar-refractivity contribution in [1.29, 1.82) is 0 Å². The summed E-state index contributed by atoms with van der Waals surface area (Å²) < 4.78 is 41.2. The number of hydrogen-bond donors (Lipinski definition) is 2. The highest BCUT2D eigenvalue weighted by molar-refractivity contribution is 6.13. The molecule has 3 aromatic rings. The third kappa shape index (κ3) is 3.39. The normalized spacial score (nSPS) is 12.7. The van der Waals surface area contributed by atoms with E-state index in [1.165, 1.54) is 30.3 Å². The molecule has 0 aromatic heterocycles. The van der Waals surface area contributed by atoms with Gasteiger partial charge >= 0.3 is 11.9 Å². The van der Waals surface area contributed by atoms with Gasteiger partial charge in [0, 0.05) is 17.2 Å². The molecule has 1 aliphatic heterocycles. The summed E-state index contributed by atoms with van der Waals surface area (Å²) in [5.41, 5.74) is -0.166. The molecule has 0 saturated heterocycles. The fourth-order valence-electron chi connectivity index (χ4n) is 3.48. The smallest absolute Gasteiger partial charge is 0.337 e. The van der Waals surface area contributed by atoms with E-state index in [0.717, 1.165) is 11.0 Å². The van der Waals surface area contributed by atoms with Gasteiger partial charge in [0.15, 0.2) is 11.6 Å². The topological polar surface area (TPSA) is 94.9 Å². The van der Waals surface area contributed by atoms with Crippen molar-refractivity contribution in [3.8, 4) is 11.1 Å². The molecule has 0 aliphatic carbocycles. The zero-order valence-corrected chi connectivity index (χ0v) is 15.5. The number of carboxylic acids is 2. The van der Waals surface area contributed by atoms with Crippen molar-refractivity contribution in [2.45, 2.75) is 6.54 Å². The monoisotopic (exact) mass is 427 g/mol. The highest BCUT2D eigenvalue weighted by Crippen LogP contribution is 2.35. The molecule has 2 N–H and O–H groups in total. The fourth-order valence-corrected chi connectivity index (χ4v) is 3.48. The largest absolute Gasteiger partial charge is 0.478 e. The molecule has 0 spiro atoms. The van der Waals surface area contributed by atoms with Crippen LogP contribution >= 0.6 is 0 Å². The first-order valence-electron chi connectivity index (χ1n) is 8.87. The number of anilines is 1. The Morgan fingerprint density at radius 3 is 2.19 bits per heavy atom. The standard InChI is InChI=1S/C22H12F3NO5/c23-16-8-18(25)17(24)7-14(16)10-3-4-13(22(30)31)19(6-10)26-9-12-2-1-11(21(28)29)5-15(12)20(26)27/h1-8H,9H2,(H,28,29)(H,30,31). The van der Waals surface area contributed by atoms with E-state index in [0.29, 0.717) is 17.7 Å². The summed E-state index contributed by atoms with van der Waals surface area (Å²) in [4.78, 5) is 36.9. The molecule has 6 nitrogen and oxygen atoms in total. The number of hydrogen-bond acceptors (Lipinski definition) is 3. The molecule has 0 radical (unpaired) electrons. The molecule has 156 valence electrons. The van der Waals surface area contributed by atoms with Gasteiger partial charge < -0.3 is 15.1 Å². The van der Waals surface area contributed by atoms with Gasteiger partial charge in [0.1, 0.15) is 5.82 Å². The van der Waals surface area contributed by atoms with Crippen molar-refractivity contribution >= 4 is 23.5 Å². The molecule has 0 saturated carbocycles. The minimum atomic E-state index is -1.37. The van der Waals surface area contributed by atoms with Crippen LogP contribution in [0.4, 0.5) is 18.9 Å². The molecular weight excluding hydrogens is 415 g/mol. The first kappa shape index (κ1) is 20.1. The summed E-state index contributed by atoms with van der Waals surface area (Å²) >= 11 is 0. The highest BCUT2D eigenvalue weighted by atomic mass is 19.2. The predicted molar refractivity (Wildman–Crippen MR) is 103 cm³/mol. The maximum absolute atomic E-state index is 14.2. The molecule has 0 bridgehead atoms. The zero-order valence-electron chi connectivity index (χ0n) is 15.5. The second kappa shape index (κ2) is 7.28. The second-order valence-electron chi connectivity index (χ2n) is 6.85. The average Bonchev–Trinajstić information content (AvgIpc) is 3.06. The van der Waals surface area contributed by atoms with E-state index >= 15 is 0 Å². The molecule has 1 amide bonds. The van der Waals surface area contributed by atoms with Crippen LogP contribution in [0.3, 0.4) is 0 Å². The molecule has 1 heterocycles. The zero-order chi connectivity index (χ0) is 22.4. The van der Waals surface area contributed by atoms with E-state index in [4.69, 9.17) is 5.11 Å². The number of carbonyl (C=O) groups is 3. The first-order valence-corrected chi connectivity index (χ1v) is 8.87. The minimum absolute atomic E-state index is 0.0337. The summed E-state index contributed by atoms with van der Waals surface area (Å²) in [6.07, 6.45) is 0. The summed E-state index contributed by atoms with van der Waals surface area (Å²) in [5.74, 6) is -6.94. The van der Waals surface area contributed by atoms with E-state index in [9.17, 15) is 32.7 Å². The molecule has 4 rings (SSSR count). The third-order valence-corrected chi connectivity index (χ3v) is 5.00. The maximum Gasteiger partial charge on any atom is 0.337 e. The lowest BCUT2D eigenvalue weighted by Gasteiger charge is -2.19. The number of carbonyl (C=O) groups excluding carboxylic acids is 1. The first-order chi connectivity index (χ1) is 14.7. The number of aromatic carboxylic acids is 2. The number of benzene rings is 3. The van der Waals surface area contributed by atoms with Crippen molar-refractivity contribution in [2.75, 3.05) is 4.90 Å². The molecule has 0 atom stereocenters. The van der Waals surface area contributed by atoms with E-state index in [1.54, 1.807) is 0 Å². The Kier molecular flexibility index (Phi) is 4.73. The Bertz CT molecular complexity index is 1290. The van der Waals surface area contributed by atoms with E-state index in [2.05, 4.69) is 0 Å². The van der Waals surface area contributed by atoms with Gasteiger partial charge in [-0.05, 0) is 41.5 Å². The molecule has 0 fully saturated rings. The molecule has 1 aliphatic rings. The number of halogens is 3. The second-order valence-corrected chi connectivity index (χ2v) is 6.85. The molecule has 3 aromatic carbocycles. The fraction of sp³-hybridized carbons (Fsp3) is 0.0455. The number of rotatable bonds is 4. The molecule has 31 heavy (non-hydrogen) atoms. The summed E-state index contributed by atoms with van der Waals surface area (Å²) in [5, 5.41) is 18.7. The van der Waals surface area contributed by atoms with Gasteiger partial charge in [-0.1, -0.05) is 12.1 Å². The Morgan fingerprint density at radius 2 is 1.52 bits per heavy atom. The number of carboxylic acid groups (broad SMARTS) is 2. The molecular formula is C22H12F3NO5. The van der Waals surface area contributed by atoms with Gasteiger partial charge in [-0.2, -0.15) is 0 Å². The van der Waals surface area contributed by atoms with Gasteiger partial charge in [-0.3, -0.25) is 4.79 Å². The maximum atomic E-state index is 14.2. The predicted octanol–water partition coefficient (Wildman–Crippen LogP) is 4.33. The lowest BCUT2D eigenvalue weighted by molar-refractivity contribution is 0.0686. The van der Waals surface area contributed by atoms with Crippen LogP contribution in [-0.2, 0) is 6.54 Å². The summed E-state index contributed by atoms with van der Waals surface area (Å²) in [6.45, 7) is -0.0436. The van der Waals surface area contributed by atoms with Crippen LogP contribution in [0.1, 0.15) is 36.6 Å². The van der Waals surface area contributed by atoms with Crippen molar-refractivity contribution < 1.29 is 37.8 Å². The van der Waals surface area contributed by atoms with Crippen LogP contribution in [0.15, 0.2) is 48.5 Å². The number of fused-ring (bicyclic) bond motifs is 1. The average molecular weight is 427 g/mol. The van der Waals surface area contributed by atoms with Gasteiger partial charge in [0.05, 0.1) is 23.4 Å².